The number of carbonyl (C=O) groups is 2. The van der Waals surface area contributed by atoms with Gasteiger partial charge in [0.1, 0.15) is 5.69 Å². The topological polar surface area (TPSA) is 75.2 Å². The van der Waals surface area contributed by atoms with E-state index in [0.717, 1.165) is 38.6 Å². The Balaban J connectivity index is 1.86. The maximum absolute atomic E-state index is 12.4. The first-order chi connectivity index (χ1) is 10.7. The molecule has 2 heterocycles. The smallest absolute Gasteiger partial charge is 0.274 e. The molecule has 0 bridgehead atoms. The number of carbonyl (C=O) groups excluding carboxylic acids is 2. The third-order valence-corrected chi connectivity index (χ3v) is 3.94. The molecule has 0 saturated carbocycles. The van der Waals surface area contributed by atoms with Crippen molar-refractivity contribution < 1.29 is 9.59 Å². The number of nitrogens with zero attached hydrogens (tertiary/aromatic N) is 3. The zero-order valence-corrected chi connectivity index (χ0v) is 13.1. The molecule has 1 aliphatic rings. The number of nitrogens with one attached hydrogen (secondary N) is 1. The molecule has 0 spiro atoms. The highest BCUT2D eigenvalue weighted by molar-refractivity contribution is 5.92. The number of rotatable bonds is 6. The molecular weight excluding hydrogens is 280 g/mol. The van der Waals surface area contributed by atoms with Crippen LogP contribution in [0.5, 0.6) is 0 Å². The van der Waals surface area contributed by atoms with Gasteiger partial charge in [-0.3, -0.25) is 14.6 Å². The van der Waals surface area contributed by atoms with Gasteiger partial charge in [-0.2, -0.15) is 0 Å². The highest BCUT2D eigenvalue weighted by Crippen LogP contribution is 2.18. The van der Waals surface area contributed by atoms with Gasteiger partial charge >= 0.3 is 0 Å². The van der Waals surface area contributed by atoms with Gasteiger partial charge in [-0.1, -0.05) is 19.8 Å². The van der Waals surface area contributed by atoms with Crippen molar-refractivity contribution in [3.8, 4) is 0 Å². The van der Waals surface area contributed by atoms with Crippen molar-refractivity contribution in [1.29, 1.82) is 0 Å². The SMILES string of the molecule is CCCCCNC(=O)C1CCCN(C(=O)c2cnccn2)C1. The van der Waals surface area contributed by atoms with E-state index in [0.29, 0.717) is 18.8 Å². The Morgan fingerprint density at radius 2 is 2.23 bits per heavy atom. The minimum absolute atomic E-state index is 0.0627. The lowest BCUT2D eigenvalue weighted by Gasteiger charge is -2.31. The predicted molar refractivity (Wildman–Crippen MR) is 83.2 cm³/mol. The average molecular weight is 304 g/mol. The lowest BCUT2D eigenvalue weighted by atomic mass is 9.97. The summed E-state index contributed by atoms with van der Waals surface area (Å²) in [6, 6.07) is 0. The molecule has 1 saturated heterocycles. The molecule has 1 aliphatic heterocycles. The third kappa shape index (κ3) is 4.51. The summed E-state index contributed by atoms with van der Waals surface area (Å²) >= 11 is 0. The Kier molecular flexibility index (Phi) is 6.30. The number of hydrogen-bond acceptors (Lipinski definition) is 4. The van der Waals surface area contributed by atoms with Crippen molar-refractivity contribution in [2.24, 2.45) is 5.92 Å². The summed E-state index contributed by atoms with van der Waals surface area (Å²) in [7, 11) is 0. The lowest BCUT2D eigenvalue weighted by molar-refractivity contribution is -0.126. The fourth-order valence-electron chi connectivity index (χ4n) is 2.68. The molecule has 1 atom stereocenters. The van der Waals surface area contributed by atoms with Crippen LogP contribution in [0, 0.1) is 5.92 Å². The van der Waals surface area contributed by atoms with Gasteiger partial charge < -0.3 is 10.2 Å². The highest BCUT2D eigenvalue weighted by atomic mass is 16.2. The fourth-order valence-corrected chi connectivity index (χ4v) is 2.68. The van der Waals surface area contributed by atoms with Gasteiger partial charge in [-0.15, -0.1) is 0 Å². The van der Waals surface area contributed by atoms with E-state index in [2.05, 4.69) is 22.2 Å². The fraction of sp³-hybridized carbons (Fsp3) is 0.625. The second-order valence-electron chi connectivity index (χ2n) is 5.68. The van der Waals surface area contributed by atoms with Crippen molar-refractivity contribution in [3.63, 3.8) is 0 Å². The molecule has 6 heteroatoms. The van der Waals surface area contributed by atoms with Crippen LogP contribution in [0.2, 0.25) is 0 Å². The zero-order valence-electron chi connectivity index (χ0n) is 13.1. The second kappa shape index (κ2) is 8.46. The molecule has 0 aliphatic carbocycles. The molecule has 1 N–H and O–H groups in total. The van der Waals surface area contributed by atoms with Crippen LogP contribution in [0.25, 0.3) is 0 Å². The number of likely N-dealkylation sites (tertiary alicyclic amines) is 1. The van der Waals surface area contributed by atoms with Crippen molar-refractivity contribution in [3.05, 3.63) is 24.3 Å². The number of piperidine rings is 1. The Morgan fingerprint density at radius 3 is 2.95 bits per heavy atom. The van der Waals surface area contributed by atoms with Gasteiger partial charge in [-0.25, -0.2) is 4.98 Å². The van der Waals surface area contributed by atoms with Crippen LogP contribution in [0.3, 0.4) is 0 Å². The Hall–Kier alpha value is -1.98. The van der Waals surface area contributed by atoms with Crippen LogP contribution in [-0.4, -0.2) is 46.3 Å². The molecule has 2 amide bonds. The van der Waals surface area contributed by atoms with E-state index in [4.69, 9.17) is 0 Å². The van der Waals surface area contributed by atoms with Crippen molar-refractivity contribution in [2.45, 2.75) is 39.0 Å². The molecule has 1 unspecified atom stereocenters. The van der Waals surface area contributed by atoms with Crippen LogP contribution in [0.4, 0.5) is 0 Å². The van der Waals surface area contributed by atoms with E-state index in [1.165, 1.54) is 12.4 Å². The van der Waals surface area contributed by atoms with E-state index < -0.39 is 0 Å². The van der Waals surface area contributed by atoms with E-state index >= 15 is 0 Å². The van der Waals surface area contributed by atoms with Gasteiger partial charge in [0.05, 0.1) is 12.1 Å². The minimum atomic E-state index is -0.142. The van der Waals surface area contributed by atoms with Crippen LogP contribution in [0.1, 0.15) is 49.5 Å². The molecule has 22 heavy (non-hydrogen) atoms. The summed E-state index contributed by atoms with van der Waals surface area (Å²) in [4.78, 5) is 34.2. The predicted octanol–water partition coefficient (Wildman–Crippen LogP) is 1.64. The van der Waals surface area contributed by atoms with Gasteiger partial charge in [0, 0.05) is 32.0 Å². The minimum Gasteiger partial charge on any atom is -0.356 e. The van der Waals surface area contributed by atoms with E-state index in [-0.39, 0.29) is 17.7 Å². The van der Waals surface area contributed by atoms with Crippen LogP contribution >= 0.6 is 0 Å². The molecule has 1 aromatic rings. The number of aromatic nitrogens is 2. The Morgan fingerprint density at radius 1 is 1.36 bits per heavy atom. The second-order valence-corrected chi connectivity index (χ2v) is 5.68. The van der Waals surface area contributed by atoms with Gasteiger partial charge in [-0.05, 0) is 19.3 Å². The maximum atomic E-state index is 12.4. The van der Waals surface area contributed by atoms with E-state index in [1.54, 1.807) is 11.1 Å². The summed E-state index contributed by atoms with van der Waals surface area (Å²) < 4.78 is 0. The summed E-state index contributed by atoms with van der Waals surface area (Å²) in [6.07, 6.45) is 9.48. The number of hydrogen-bond donors (Lipinski definition) is 1. The maximum Gasteiger partial charge on any atom is 0.274 e. The quantitative estimate of drug-likeness (QED) is 0.811. The molecule has 0 radical (unpaired) electrons. The summed E-state index contributed by atoms with van der Waals surface area (Å²) in [5.74, 6) is -0.194. The van der Waals surface area contributed by atoms with Crippen LogP contribution in [-0.2, 0) is 4.79 Å². The third-order valence-electron chi connectivity index (χ3n) is 3.94. The Bertz CT molecular complexity index is 492. The first-order valence-electron chi connectivity index (χ1n) is 8.05. The molecular formula is C16H24N4O2. The summed E-state index contributed by atoms with van der Waals surface area (Å²) in [5, 5.41) is 2.98. The van der Waals surface area contributed by atoms with Gasteiger partial charge in [0.25, 0.3) is 5.91 Å². The zero-order chi connectivity index (χ0) is 15.8. The van der Waals surface area contributed by atoms with E-state index in [9.17, 15) is 9.59 Å². The normalized spacial score (nSPS) is 18.0. The van der Waals surface area contributed by atoms with Crippen molar-refractivity contribution in [1.82, 2.24) is 20.2 Å². The number of unbranched alkanes of at least 4 members (excludes halogenated alkanes) is 2. The van der Waals surface area contributed by atoms with Crippen LogP contribution < -0.4 is 5.32 Å². The Labute approximate surface area is 131 Å². The molecule has 120 valence electrons. The molecule has 0 aromatic carbocycles. The molecule has 1 aromatic heterocycles. The average Bonchev–Trinajstić information content (AvgIpc) is 2.59. The summed E-state index contributed by atoms with van der Waals surface area (Å²) in [5.41, 5.74) is 0.339. The first kappa shape index (κ1) is 16.4. The molecule has 6 nitrogen and oxygen atoms in total. The van der Waals surface area contributed by atoms with Crippen molar-refractivity contribution >= 4 is 11.8 Å². The van der Waals surface area contributed by atoms with Crippen LogP contribution in [0.15, 0.2) is 18.6 Å². The largest absolute Gasteiger partial charge is 0.356 e. The first-order valence-corrected chi connectivity index (χ1v) is 8.05. The van der Waals surface area contributed by atoms with E-state index in [1.807, 2.05) is 0 Å². The number of amides is 2. The van der Waals surface area contributed by atoms with Gasteiger partial charge in [0.15, 0.2) is 0 Å². The standard InChI is InChI=1S/C16H24N4O2/c1-2-3-4-7-19-15(21)13-6-5-10-20(12-13)16(22)14-11-17-8-9-18-14/h8-9,11,13H,2-7,10,12H2,1H3,(H,19,21). The van der Waals surface area contributed by atoms with Gasteiger partial charge in [0.2, 0.25) is 5.91 Å². The molecule has 1 fully saturated rings. The van der Waals surface area contributed by atoms with Crippen molar-refractivity contribution in [2.75, 3.05) is 19.6 Å². The summed E-state index contributed by atoms with van der Waals surface area (Å²) in [6.45, 7) is 4.00. The molecule has 2 rings (SSSR count). The lowest BCUT2D eigenvalue weighted by Crippen LogP contribution is -2.45. The highest BCUT2D eigenvalue weighted by Gasteiger charge is 2.29. The monoisotopic (exact) mass is 304 g/mol.